The molecule has 5 nitrogen and oxygen atoms in total. The van der Waals surface area contributed by atoms with Gasteiger partial charge in [0.2, 0.25) is 0 Å². The maximum atomic E-state index is 5.39. The van der Waals surface area contributed by atoms with E-state index in [4.69, 9.17) is 4.74 Å². The fraction of sp³-hybridized carbons (Fsp3) is 0.692. The highest BCUT2D eigenvalue weighted by atomic mass is 32.1. The van der Waals surface area contributed by atoms with Crippen molar-refractivity contribution >= 4 is 26.8 Å². The summed E-state index contributed by atoms with van der Waals surface area (Å²) in [6.07, 6.45) is 3.66. The zero-order valence-corrected chi connectivity index (χ0v) is 12.3. The third kappa shape index (κ3) is 2.74. The van der Waals surface area contributed by atoms with Crippen LogP contribution < -0.4 is 5.32 Å². The van der Waals surface area contributed by atoms with E-state index in [-0.39, 0.29) is 0 Å². The van der Waals surface area contributed by atoms with Crippen molar-refractivity contribution in [2.75, 3.05) is 25.1 Å². The molecule has 1 saturated heterocycles. The van der Waals surface area contributed by atoms with Gasteiger partial charge in [-0.3, -0.25) is 0 Å². The van der Waals surface area contributed by atoms with Crippen LogP contribution in [0.2, 0.25) is 0 Å². The lowest BCUT2D eigenvalue weighted by atomic mass is 10.0. The summed E-state index contributed by atoms with van der Waals surface area (Å²) in [6.45, 7) is 4.92. The van der Waals surface area contributed by atoms with Crippen LogP contribution >= 0.6 is 11.3 Å². The second kappa shape index (κ2) is 5.46. The van der Waals surface area contributed by atoms with Crippen molar-refractivity contribution in [3.8, 4) is 0 Å². The fourth-order valence-electron chi connectivity index (χ4n) is 2.56. The van der Waals surface area contributed by atoms with Crippen LogP contribution in [0.15, 0.2) is 0 Å². The Kier molecular flexibility index (Phi) is 3.70. The first kappa shape index (κ1) is 12.9. The minimum atomic E-state index is 0.767. The summed E-state index contributed by atoms with van der Waals surface area (Å²) < 4.78 is 8.43. The highest BCUT2D eigenvalue weighted by molar-refractivity contribution is 7.22. The van der Waals surface area contributed by atoms with E-state index >= 15 is 0 Å². The zero-order valence-electron chi connectivity index (χ0n) is 11.5. The van der Waals surface area contributed by atoms with Gasteiger partial charge in [-0.1, -0.05) is 11.3 Å². The van der Waals surface area contributed by atoms with Crippen LogP contribution in [0.5, 0.6) is 0 Å². The summed E-state index contributed by atoms with van der Waals surface area (Å²) in [5.41, 5.74) is 2.04. The average molecular weight is 280 g/mol. The van der Waals surface area contributed by atoms with Gasteiger partial charge in [0.1, 0.15) is 0 Å². The second-order valence-electron chi connectivity index (χ2n) is 5.18. The number of hydrogen-bond acceptors (Lipinski definition) is 5. The van der Waals surface area contributed by atoms with Crippen molar-refractivity contribution < 1.29 is 4.74 Å². The van der Waals surface area contributed by atoms with E-state index < -0.39 is 0 Å². The molecular weight excluding hydrogens is 260 g/mol. The van der Waals surface area contributed by atoms with Gasteiger partial charge in [-0.2, -0.15) is 5.10 Å². The molecular formula is C13H20N4OS. The molecule has 1 N–H and O–H groups in total. The molecule has 0 unspecified atom stereocenters. The summed E-state index contributed by atoms with van der Waals surface area (Å²) in [5.74, 6) is 0.767. The summed E-state index contributed by atoms with van der Waals surface area (Å²) in [4.78, 5) is 4.59. The van der Waals surface area contributed by atoms with Crippen molar-refractivity contribution in [1.82, 2.24) is 14.8 Å². The maximum absolute atomic E-state index is 5.39. The normalized spacial score (nSPS) is 19.4. The van der Waals surface area contributed by atoms with E-state index in [2.05, 4.69) is 15.4 Å². The number of rotatable bonds is 5. The van der Waals surface area contributed by atoms with Gasteiger partial charge in [0.25, 0.3) is 0 Å². The quantitative estimate of drug-likeness (QED) is 0.855. The van der Waals surface area contributed by atoms with Crippen LogP contribution in [-0.2, 0) is 11.8 Å². The van der Waals surface area contributed by atoms with Gasteiger partial charge in [0, 0.05) is 26.8 Å². The number of nitrogens with zero attached hydrogens (tertiary/aromatic N) is 3. The number of anilines is 1. The van der Waals surface area contributed by atoms with Gasteiger partial charge in [-0.15, -0.1) is 0 Å². The van der Waals surface area contributed by atoms with Gasteiger partial charge < -0.3 is 10.1 Å². The van der Waals surface area contributed by atoms with Crippen LogP contribution in [0.3, 0.4) is 0 Å². The molecule has 0 aromatic carbocycles. The molecule has 19 heavy (non-hydrogen) atoms. The largest absolute Gasteiger partial charge is 0.381 e. The Morgan fingerprint density at radius 2 is 2.42 bits per heavy atom. The molecule has 3 rings (SSSR count). The van der Waals surface area contributed by atoms with Crippen LogP contribution in [0, 0.1) is 12.8 Å². The minimum Gasteiger partial charge on any atom is -0.381 e. The van der Waals surface area contributed by atoms with Crippen LogP contribution in [0.25, 0.3) is 10.3 Å². The second-order valence-corrected chi connectivity index (χ2v) is 6.18. The summed E-state index contributed by atoms with van der Waals surface area (Å²) in [7, 11) is 1.94. The number of aryl methyl sites for hydroxylation is 2. The number of nitrogens with one attached hydrogen (secondary N) is 1. The highest BCUT2D eigenvalue weighted by Gasteiger charge is 2.15. The SMILES string of the molecule is Cc1nn(C)c2nc(NCCC[C@@H]3CCOC3)sc12. The predicted octanol–water partition coefficient (Wildman–Crippen LogP) is 2.57. The predicted molar refractivity (Wildman–Crippen MR) is 77.8 cm³/mol. The lowest BCUT2D eigenvalue weighted by Gasteiger charge is -2.07. The Hall–Kier alpha value is -1.14. The van der Waals surface area contributed by atoms with Crippen LogP contribution in [-0.4, -0.2) is 34.5 Å². The molecule has 3 heterocycles. The number of thiazole rings is 1. The maximum Gasteiger partial charge on any atom is 0.185 e. The molecule has 0 radical (unpaired) electrons. The van der Waals surface area contributed by atoms with Crippen LogP contribution in [0.4, 0.5) is 5.13 Å². The van der Waals surface area contributed by atoms with Crippen molar-refractivity contribution in [3.05, 3.63) is 5.69 Å². The first-order valence-corrected chi connectivity index (χ1v) is 7.67. The first-order chi connectivity index (χ1) is 9.24. The van der Waals surface area contributed by atoms with E-state index in [1.165, 1.54) is 24.0 Å². The van der Waals surface area contributed by atoms with Gasteiger partial charge in [-0.05, 0) is 32.1 Å². The lowest BCUT2D eigenvalue weighted by molar-refractivity contribution is 0.184. The van der Waals surface area contributed by atoms with E-state index in [1.54, 1.807) is 11.3 Å². The van der Waals surface area contributed by atoms with Gasteiger partial charge >= 0.3 is 0 Å². The number of aromatic nitrogens is 3. The summed E-state index contributed by atoms with van der Waals surface area (Å²) in [5, 5.41) is 8.80. The van der Waals surface area contributed by atoms with E-state index in [9.17, 15) is 0 Å². The lowest BCUT2D eigenvalue weighted by Crippen LogP contribution is -2.06. The Balaban J connectivity index is 1.52. The van der Waals surface area contributed by atoms with Crippen molar-refractivity contribution in [3.63, 3.8) is 0 Å². The average Bonchev–Trinajstić information content (AvgIpc) is 3.07. The molecule has 2 aromatic heterocycles. The van der Waals surface area contributed by atoms with Gasteiger partial charge in [0.15, 0.2) is 10.8 Å². The van der Waals surface area contributed by atoms with Crippen LogP contribution in [0.1, 0.15) is 25.0 Å². The van der Waals surface area contributed by atoms with Gasteiger partial charge in [0.05, 0.1) is 10.4 Å². The third-order valence-electron chi connectivity index (χ3n) is 3.63. The molecule has 6 heteroatoms. The minimum absolute atomic E-state index is 0.767. The Labute approximate surface area is 117 Å². The van der Waals surface area contributed by atoms with Crippen molar-refractivity contribution in [2.24, 2.45) is 13.0 Å². The van der Waals surface area contributed by atoms with Crippen molar-refractivity contribution in [1.29, 1.82) is 0 Å². The van der Waals surface area contributed by atoms with Gasteiger partial charge in [-0.25, -0.2) is 9.67 Å². The third-order valence-corrected chi connectivity index (χ3v) is 4.74. The topological polar surface area (TPSA) is 52.0 Å². The zero-order chi connectivity index (χ0) is 13.2. The molecule has 1 aliphatic rings. The summed E-state index contributed by atoms with van der Waals surface area (Å²) >= 11 is 1.70. The Morgan fingerprint density at radius 3 is 3.16 bits per heavy atom. The molecule has 0 spiro atoms. The van der Waals surface area contributed by atoms with E-state index in [0.29, 0.717) is 0 Å². The molecule has 1 atom stereocenters. The molecule has 1 fully saturated rings. The molecule has 0 bridgehead atoms. The molecule has 1 aliphatic heterocycles. The Bertz CT molecular complexity index is 522. The molecule has 0 amide bonds. The fourth-order valence-corrected chi connectivity index (χ4v) is 3.51. The molecule has 0 aliphatic carbocycles. The summed E-state index contributed by atoms with van der Waals surface area (Å²) in [6, 6.07) is 0. The first-order valence-electron chi connectivity index (χ1n) is 6.86. The van der Waals surface area contributed by atoms with E-state index in [1.807, 2.05) is 18.7 Å². The van der Waals surface area contributed by atoms with Crippen molar-refractivity contribution in [2.45, 2.75) is 26.2 Å². The smallest absolute Gasteiger partial charge is 0.185 e. The number of hydrogen-bond donors (Lipinski definition) is 1. The molecule has 2 aromatic rings. The highest BCUT2D eigenvalue weighted by Crippen LogP contribution is 2.28. The monoisotopic (exact) mass is 280 g/mol. The molecule has 0 saturated carbocycles. The number of fused-ring (bicyclic) bond motifs is 1. The standard InChI is InChI=1S/C13H20N4OS/c1-9-11-12(17(2)16-9)15-13(19-11)14-6-3-4-10-5-7-18-8-10/h10H,3-8H2,1-2H3,(H,14,15)/t10-/m1/s1. The number of ether oxygens (including phenoxy) is 1. The molecule has 104 valence electrons. The van der Waals surface area contributed by atoms with E-state index in [0.717, 1.165) is 42.1 Å². The Morgan fingerprint density at radius 1 is 1.53 bits per heavy atom.